The molecule has 0 aliphatic rings. The van der Waals surface area contributed by atoms with Crippen LogP contribution in [0, 0.1) is 18.6 Å². The number of rotatable bonds is 2. The van der Waals surface area contributed by atoms with E-state index in [4.69, 9.17) is 10.5 Å². The zero-order valence-corrected chi connectivity index (χ0v) is 11.5. The van der Waals surface area contributed by atoms with Crippen LogP contribution in [-0.2, 0) is 0 Å². The number of hydrogen-bond acceptors (Lipinski definition) is 3. The predicted molar refractivity (Wildman–Crippen MR) is 76.7 cm³/mol. The molecule has 21 heavy (non-hydrogen) atoms. The molecule has 0 atom stereocenters. The fraction of sp³-hybridized carbons (Fsp3) is 0.133. The first-order valence-electron chi connectivity index (χ1n) is 6.30. The van der Waals surface area contributed by atoms with E-state index in [-0.39, 0.29) is 17.5 Å². The topological polar surface area (TPSA) is 53.1 Å². The summed E-state index contributed by atoms with van der Waals surface area (Å²) in [7, 11) is 1.38. The molecule has 0 saturated carbocycles. The number of fused-ring (bicyclic) bond motifs is 1. The lowest BCUT2D eigenvalue weighted by molar-refractivity contribution is 0.387. The van der Waals surface area contributed by atoms with Crippen molar-refractivity contribution in [3.05, 3.63) is 47.5 Å². The summed E-state index contributed by atoms with van der Waals surface area (Å²) >= 11 is 0. The number of nitrogens with two attached hydrogens (primary N) is 1. The second-order valence-electron chi connectivity index (χ2n) is 4.66. The average molecular weight is 289 g/mol. The van der Waals surface area contributed by atoms with Crippen LogP contribution in [0.1, 0.15) is 5.56 Å². The second kappa shape index (κ2) is 4.73. The molecule has 0 bridgehead atoms. The van der Waals surface area contributed by atoms with Crippen molar-refractivity contribution in [2.75, 3.05) is 12.8 Å². The van der Waals surface area contributed by atoms with Crippen molar-refractivity contribution < 1.29 is 13.5 Å². The number of ether oxygens (including phenoxy) is 1. The van der Waals surface area contributed by atoms with Gasteiger partial charge in [-0.25, -0.2) is 13.8 Å². The molecule has 3 aromatic rings. The fourth-order valence-corrected chi connectivity index (χ4v) is 2.35. The minimum Gasteiger partial charge on any atom is -0.494 e. The first-order chi connectivity index (χ1) is 10.0. The highest BCUT2D eigenvalue weighted by Gasteiger charge is 2.16. The van der Waals surface area contributed by atoms with Gasteiger partial charge in [0, 0.05) is 17.7 Å². The molecule has 0 saturated heterocycles. The highest BCUT2D eigenvalue weighted by molar-refractivity contribution is 5.82. The third kappa shape index (κ3) is 1.99. The summed E-state index contributed by atoms with van der Waals surface area (Å²) in [4.78, 5) is 4.12. The molecule has 0 amide bonds. The molecular weight excluding hydrogens is 276 g/mol. The van der Waals surface area contributed by atoms with Gasteiger partial charge in [0.05, 0.1) is 23.8 Å². The van der Waals surface area contributed by atoms with E-state index in [2.05, 4.69) is 4.98 Å². The van der Waals surface area contributed by atoms with Crippen LogP contribution in [0.5, 0.6) is 5.75 Å². The summed E-state index contributed by atoms with van der Waals surface area (Å²) in [6.07, 6.45) is 0. The molecule has 0 aliphatic carbocycles. The molecular formula is C15H13F2N3O. The lowest BCUT2D eigenvalue weighted by Crippen LogP contribution is -2.03. The summed E-state index contributed by atoms with van der Waals surface area (Å²) in [6.45, 7) is 1.65. The quantitative estimate of drug-likeness (QED) is 0.788. The van der Waals surface area contributed by atoms with Crippen LogP contribution in [0.2, 0.25) is 0 Å². The molecule has 4 nitrogen and oxygen atoms in total. The van der Waals surface area contributed by atoms with Crippen LogP contribution >= 0.6 is 0 Å². The molecule has 0 aliphatic heterocycles. The molecule has 1 heterocycles. The van der Waals surface area contributed by atoms with Crippen molar-refractivity contribution in [1.29, 1.82) is 0 Å². The van der Waals surface area contributed by atoms with Gasteiger partial charge in [-0.05, 0) is 19.1 Å². The van der Waals surface area contributed by atoms with E-state index >= 15 is 0 Å². The van der Waals surface area contributed by atoms with Gasteiger partial charge in [-0.3, -0.25) is 4.57 Å². The van der Waals surface area contributed by atoms with Gasteiger partial charge >= 0.3 is 0 Å². The van der Waals surface area contributed by atoms with E-state index in [0.717, 1.165) is 0 Å². The minimum absolute atomic E-state index is 0.0812. The Balaban J connectivity index is 2.36. The maximum Gasteiger partial charge on any atom is 0.205 e. The maximum absolute atomic E-state index is 13.8. The van der Waals surface area contributed by atoms with E-state index in [1.54, 1.807) is 23.6 Å². The molecule has 2 N–H and O–H groups in total. The third-order valence-electron chi connectivity index (χ3n) is 3.43. The van der Waals surface area contributed by atoms with E-state index in [1.807, 2.05) is 0 Å². The molecule has 108 valence electrons. The molecule has 0 spiro atoms. The number of imidazole rings is 1. The SMILES string of the molecule is COc1cc2c(cc1F)nc(N)n2-c1cccc(F)c1C. The summed E-state index contributed by atoms with van der Waals surface area (Å²) in [6, 6.07) is 7.43. The van der Waals surface area contributed by atoms with Gasteiger partial charge in [0.15, 0.2) is 11.6 Å². The van der Waals surface area contributed by atoms with Crippen molar-refractivity contribution in [2.45, 2.75) is 6.92 Å². The zero-order valence-electron chi connectivity index (χ0n) is 11.5. The second-order valence-corrected chi connectivity index (χ2v) is 4.66. The van der Waals surface area contributed by atoms with E-state index in [1.165, 1.54) is 25.3 Å². The number of halogens is 2. The number of benzene rings is 2. The highest BCUT2D eigenvalue weighted by Crippen LogP contribution is 2.30. The summed E-state index contributed by atoms with van der Waals surface area (Å²) in [5.41, 5.74) is 7.85. The third-order valence-corrected chi connectivity index (χ3v) is 3.43. The van der Waals surface area contributed by atoms with Crippen LogP contribution in [0.25, 0.3) is 16.7 Å². The monoisotopic (exact) mass is 289 g/mol. The number of anilines is 1. The van der Waals surface area contributed by atoms with Crippen molar-refractivity contribution in [2.24, 2.45) is 0 Å². The number of nitrogens with zero attached hydrogens (tertiary/aromatic N) is 2. The van der Waals surface area contributed by atoms with Crippen molar-refractivity contribution in [3.8, 4) is 11.4 Å². The highest BCUT2D eigenvalue weighted by atomic mass is 19.1. The van der Waals surface area contributed by atoms with Crippen LogP contribution < -0.4 is 10.5 Å². The fourth-order valence-electron chi connectivity index (χ4n) is 2.35. The Morgan fingerprint density at radius 3 is 2.67 bits per heavy atom. The summed E-state index contributed by atoms with van der Waals surface area (Å²) in [5, 5.41) is 0. The normalized spacial score (nSPS) is 11.0. The first kappa shape index (κ1) is 13.4. The Labute approximate surface area is 119 Å². The van der Waals surface area contributed by atoms with Crippen LogP contribution in [0.15, 0.2) is 30.3 Å². The van der Waals surface area contributed by atoms with Gasteiger partial charge in [0.25, 0.3) is 0 Å². The Hall–Kier alpha value is -2.63. The molecule has 0 unspecified atom stereocenters. The minimum atomic E-state index is -0.523. The molecule has 0 radical (unpaired) electrons. The number of nitrogen functional groups attached to an aromatic ring is 1. The van der Waals surface area contributed by atoms with Crippen LogP contribution in [0.3, 0.4) is 0 Å². The maximum atomic E-state index is 13.8. The van der Waals surface area contributed by atoms with Gasteiger partial charge < -0.3 is 10.5 Å². The summed E-state index contributed by atoms with van der Waals surface area (Å²) in [5.74, 6) is -0.627. The number of aromatic nitrogens is 2. The molecule has 0 fully saturated rings. The van der Waals surface area contributed by atoms with E-state index < -0.39 is 5.82 Å². The van der Waals surface area contributed by atoms with Gasteiger partial charge in [0.2, 0.25) is 5.95 Å². The van der Waals surface area contributed by atoms with Gasteiger partial charge in [-0.1, -0.05) is 6.07 Å². The van der Waals surface area contributed by atoms with Crippen molar-refractivity contribution >= 4 is 17.0 Å². The average Bonchev–Trinajstić information content (AvgIpc) is 2.76. The lowest BCUT2D eigenvalue weighted by atomic mass is 10.2. The summed E-state index contributed by atoms with van der Waals surface area (Å²) < 4.78 is 34.0. The van der Waals surface area contributed by atoms with Crippen molar-refractivity contribution in [3.63, 3.8) is 0 Å². The van der Waals surface area contributed by atoms with Crippen LogP contribution in [0.4, 0.5) is 14.7 Å². The van der Waals surface area contributed by atoms with Gasteiger partial charge in [-0.15, -0.1) is 0 Å². The first-order valence-corrected chi connectivity index (χ1v) is 6.30. The Morgan fingerprint density at radius 1 is 1.19 bits per heavy atom. The predicted octanol–water partition coefficient (Wildman–Crippen LogP) is 3.20. The Kier molecular flexibility index (Phi) is 3.01. The number of methoxy groups -OCH3 is 1. The van der Waals surface area contributed by atoms with Gasteiger partial charge in [-0.2, -0.15) is 0 Å². The standard InChI is InChI=1S/C15H13F2N3O/c1-8-9(16)4-3-5-12(8)20-13-7-14(21-2)10(17)6-11(13)19-15(20)18/h3-7H,1-2H3,(H2,18,19). The van der Waals surface area contributed by atoms with E-state index in [9.17, 15) is 8.78 Å². The van der Waals surface area contributed by atoms with E-state index in [0.29, 0.717) is 22.3 Å². The Bertz CT molecular complexity index is 843. The smallest absolute Gasteiger partial charge is 0.205 e. The lowest BCUT2D eigenvalue weighted by Gasteiger charge is -2.11. The zero-order chi connectivity index (χ0) is 15.1. The van der Waals surface area contributed by atoms with Crippen LogP contribution in [-0.4, -0.2) is 16.7 Å². The Morgan fingerprint density at radius 2 is 1.95 bits per heavy atom. The molecule has 1 aromatic heterocycles. The van der Waals surface area contributed by atoms with Crippen molar-refractivity contribution in [1.82, 2.24) is 9.55 Å². The molecule has 6 heteroatoms. The number of hydrogen-bond donors (Lipinski definition) is 1. The molecule has 2 aromatic carbocycles. The molecule has 3 rings (SSSR count). The largest absolute Gasteiger partial charge is 0.494 e. The van der Waals surface area contributed by atoms with Gasteiger partial charge in [0.1, 0.15) is 5.82 Å².